The molecule has 0 unspecified atom stereocenters. The SMILES string of the molecule is C[C@@H]1CNCCN1C1CCN(C)CC1. The molecule has 3 nitrogen and oxygen atoms in total. The van der Waals surface area contributed by atoms with E-state index in [4.69, 9.17) is 0 Å². The van der Waals surface area contributed by atoms with Gasteiger partial charge in [0.1, 0.15) is 0 Å². The second kappa shape index (κ2) is 4.60. The summed E-state index contributed by atoms with van der Waals surface area (Å²) in [6.07, 6.45) is 2.72. The van der Waals surface area contributed by atoms with Crippen molar-refractivity contribution in [2.45, 2.75) is 31.8 Å². The van der Waals surface area contributed by atoms with E-state index in [0.29, 0.717) is 0 Å². The lowest BCUT2D eigenvalue weighted by Gasteiger charge is -2.43. The molecule has 0 aromatic heterocycles. The van der Waals surface area contributed by atoms with Gasteiger partial charge >= 0.3 is 0 Å². The Labute approximate surface area is 87.4 Å². The number of piperazine rings is 1. The molecule has 0 spiro atoms. The van der Waals surface area contributed by atoms with Crippen LogP contribution in [-0.4, -0.2) is 61.7 Å². The molecular formula is C11H23N3. The van der Waals surface area contributed by atoms with E-state index in [1.165, 1.54) is 45.6 Å². The van der Waals surface area contributed by atoms with Gasteiger partial charge in [-0.05, 0) is 39.9 Å². The molecule has 0 aromatic rings. The van der Waals surface area contributed by atoms with E-state index < -0.39 is 0 Å². The van der Waals surface area contributed by atoms with Crippen molar-refractivity contribution < 1.29 is 0 Å². The molecule has 1 N–H and O–H groups in total. The average molecular weight is 197 g/mol. The summed E-state index contributed by atoms with van der Waals surface area (Å²) in [6.45, 7) is 8.51. The van der Waals surface area contributed by atoms with Gasteiger partial charge in [0.05, 0.1) is 0 Å². The molecule has 1 atom stereocenters. The Hall–Kier alpha value is -0.120. The van der Waals surface area contributed by atoms with Crippen LogP contribution in [0, 0.1) is 0 Å². The van der Waals surface area contributed by atoms with Gasteiger partial charge in [-0.3, -0.25) is 4.90 Å². The summed E-state index contributed by atoms with van der Waals surface area (Å²) in [6, 6.07) is 1.58. The molecule has 2 saturated heterocycles. The maximum absolute atomic E-state index is 3.46. The van der Waals surface area contributed by atoms with Crippen molar-refractivity contribution in [3.8, 4) is 0 Å². The molecule has 14 heavy (non-hydrogen) atoms. The lowest BCUT2D eigenvalue weighted by molar-refractivity contribution is 0.0718. The second-order valence-electron chi connectivity index (χ2n) is 4.83. The monoisotopic (exact) mass is 197 g/mol. The molecule has 2 fully saturated rings. The van der Waals surface area contributed by atoms with Gasteiger partial charge in [-0.15, -0.1) is 0 Å². The number of piperidine rings is 1. The maximum atomic E-state index is 3.46. The van der Waals surface area contributed by atoms with Crippen molar-refractivity contribution in [1.29, 1.82) is 0 Å². The van der Waals surface area contributed by atoms with Gasteiger partial charge in [0.25, 0.3) is 0 Å². The number of likely N-dealkylation sites (tertiary alicyclic amines) is 1. The topological polar surface area (TPSA) is 18.5 Å². The van der Waals surface area contributed by atoms with Crippen LogP contribution in [0.3, 0.4) is 0 Å². The van der Waals surface area contributed by atoms with Crippen LogP contribution in [0.15, 0.2) is 0 Å². The third-order valence-corrected chi connectivity index (χ3v) is 3.71. The number of rotatable bonds is 1. The Morgan fingerprint density at radius 1 is 1.14 bits per heavy atom. The van der Waals surface area contributed by atoms with Crippen LogP contribution in [0.2, 0.25) is 0 Å². The van der Waals surface area contributed by atoms with E-state index in [1.54, 1.807) is 0 Å². The largest absolute Gasteiger partial charge is 0.314 e. The molecule has 0 saturated carbocycles. The van der Waals surface area contributed by atoms with Gasteiger partial charge in [0, 0.05) is 31.7 Å². The van der Waals surface area contributed by atoms with Gasteiger partial charge in [-0.25, -0.2) is 0 Å². The molecule has 0 amide bonds. The fourth-order valence-electron chi connectivity index (χ4n) is 2.73. The van der Waals surface area contributed by atoms with Crippen molar-refractivity contribution >= 4 is 0 Å². The summed E-state index contributed by atoms with van der Waals surface area (Å²) in [5, 5.41) is 3.46. The van der Waals surface area contributed by atoms with E-state index in [0.717, 1.165) is 12.1 Å². The summed E-state index contributed by atoms with van der Waals surface area (Å²) in [5.74, 6) is 0. The highest BCUT2D eigenvalue weighted by molar-refractivity contribution is 4.85. The van der Waals surface area contributed by atoms with Crippen LogP contribution >= 0.6 is 0 Å². The molecule has 82 valence electrons. The first-order chi connectivity index (χ1) is 6.77. The lowest BCUT2D eigenvalue weighted by atomic mass is 10.0. The minimum absolute atomic E-state index is 0.733. The van der Waals surface area contributed by atoms with Gasteiger partial charge in [0.2, 0.25) is 0 Å². The highest BCUT2D eigenvalue weighted by atomic mass is 15.3. The molecule has 2 aliphatic heterocycles. The van der Waals surface area contributed by atoms with Gasteiger partial charge in [0.15, 0.2) is 0 Å². The van der Waals surface area contributed by atoms with E-state index in [1.807, 2.05) is 0 Å². The van der Waals surface area contributed by atoms with E-state index >= 15 is 0 Å². The van der Waals surface area contributed by atoms with Gasteiger partial charge in [-0.2, -0.15) is 0 Å². The molecule has 0 aromatic carbocycles. The van der Waals surface area contributed by atoms with Gasteiger partial charge in [-0.1, -0.05) is 0 Å². The number of nitrogens with zero attached hydrogens (tertiary/aromatic N) is 2. The van der Waals surface area contributed by atoms with Crippen LogP contribution in [0.25, 0.3) is 0 Å². The van der Waals surface area contributed by atoms with Gasteiger partial charge < -0.3 is 10.2 Å². The molecule has 2 aliphatic rings. The Bertz CT molecular complexity index is 175. The van der Waals surface area contributed by atoms with Crippen molar-refractivity contribution in [3.63, 3.8) is 0 Å². The molecular weight excluding hydrogens is 174 g/mol. The summed E-state index contributed by atoms with van der Waals surface area (Å²) >= 11 is 0. The third-order valence-electron chi connectivity index (χ3n) is 3.71. The van der Waals surface area contributed by atoms with Crippen LogP contribution in [-0.2, 0) is 0 Å². The van der Waals surface area contributed by atoms with E-state index in [9.17, 15) is 0 Å². The Balaban J connectivity index is 1.87. The Morgan fingerprint density at radius 2 is 1.86 bits per heavy atom. The molecule has 0 aliphatic carbocycles. The van der Waals surface area contributed by atoms with E-state index in [-0.39, 0.29) is 0 Å². The zero-order valence-corrected chi connectivity index (χ0v) is 9.50. The fourth-order valence-corrected chi connectivity index (χ4v) is 2.73. The zero-order chi connectivity index (χ0) is 9.97. The molecule has 0 bridgehead atoms. The summed E-state index contributed by atoms with van der Waals surface area (Å²) in [4.78, 5) is 5.16. The number of nitrogens with one attached hydrogen (secondary N) is 1. The minimum Gasteiger partial charge on any atom is -0.314 e. The molecule has 0 radical (unpaired) electrons. The van der Waals surface area contributed by atoms with Crippen LogP contribution in [0.1, 0.15) is 19.8 Å². The quantitative estimate of drug-likeness (QED) is 0.655. The van der Waals surface area contributed by atoms with Crippen molar-refractivity contribution in [3.05, 3.63) is 0 Å². The summed E-state index contributed by atoms with van der Waals surface area (Å²) in [5.41, 5.74) is 0. The molecule has 2 heterocycles. The minimum atomic E-state index is 0.733. The number of hydrogen-bond acceptors (Lipinski definition) is 3. The first-order valence-electron chi connectivity index (χ1n) is 5.92. The van der Waals surface area contributed by atoms with Crippen LogP contribution in [0.4, 0.5) is 0 Å². The Morgan fingerprint density at radius 3 is 2.50 bits per heavy atom. The average Bonchev–Trinajstić information content (AvgIpc) is 2.20. The number of hydrogen-bond donors (Lipinski definition) is 1. The normalized spacial score (nSPS) is 33.4. The highest BCUT2D eigenvalue weighted by Gasteiger charge is 2.27. The zero-order valence-electron chi connectivity index (χ0n) is 9.50. The highest BCUT2D eigenvalue weighted by Crippen LogP contribution is 2.18. The maximum Gasteiger partial charge on any atom is 0.0195 e. The first-order valence-corrected chi connectivity index (χ1v) is 5.92. The third kappa shape index (κ3) is 2.27. The lowest BCUT2D eigenvalue weighted by Crippen LogP contribution is -2.56. The van der Waals surface area contributed by atoms with E-state index in [2.05, 4.69) is 29.1 Å². The summed E-state index contributed by atoms with van der Waals surface area (Å²) < 4.78 is 0. The fraction of sp³-hybridized carbons (Fsp3) is 1.00. The predicted octanol–water partition coefficient (Wildman–Crippen LogP) is 0.374. The first kappa shape index (κ1) is 10.4. The van der Waals surface area contributed by atoms with Crippen LogP contribution < -0.4 is 5.32 Å². The van der Waals surface area contributed by atoms with Crippen molar-refractivity contribution in [1.82, 2.24) is 15.1 Å². The molecule has 2 rings (SSSR count). The second-order valence-corrected chi connectivity index (χ2v) is 4.83. The van der Waals surface area contributed by atoms with Crippen LogP contribution in [0.5, 0.6) is 0 Å². The van der Waals surface area contributed by atoms with Crippen molar-refractivity contribution in [2.24, 2.45) is 0 Å². The standard InChI is InChI=1S/C11H23N3/c1-10-9-12-5-8-14(10)11-3-6-13(2)7-4-11/h10-12H,3-9H2,1-2H3/t10-/m1/s1. The molecule has 3 heteroatoms. The predicted molar refractivity (Wildman–Crippen MR) is 59.6 cm³/mol. The Kier molecular flexibility index (Phi) is 3.42. The van der Waals surface area contributed by atoms with Crippen molar-refractivity contribution in [2.75, 3.05) is 39.8 Å². The smallest absolute Gasteiger partial charge is 0.0195 e. The summed E-state index contributed by atoms with van der Waals surface area (Å²) in [7, 11) is 2.23.